The van der Waals surface area contributed by atoms with Crippen molar-refractivity contribution in [2.45, 2.75) is 64.4 Å². The van der Waals surface area contributed by atoms with Crippen molar-refractivity contribution in [2.75, 3.05) is 19.6 Å². The molecule has 1 heterocycles. The van der Waals surface area contributed by atoms with Gasteiger partial charge in [0, 0.05) is 19.6 Å². The summed E-state index contributed by atoms with van der Waals surface area (Å²) in [5.74, 6) is 0.789. The number of piperidine rings is 1. The van der Waals surface area contributed by atoms with Crippen LogP contribution in [0.2, 0.25) is 0 Å². The summed E-state index contributed by atoms with van der Waals surface area (Å²) in [6.45, 7) is 5.50. The maximum Gasteiger partial charge on any atom is 0.279 e. The summed E-state index contributed by atoms with van der Waals surface area (Å²) in [6, 6.07) is 0. The topological polar surface area (TPSA) is 69.6 Å². The lowest BCUT2D eigenvalue weighted by atomic mass is 9.94. The van der Waals surface area contributed by atoms with Crippen LogP contribution in [0.1, 0.15) is 58.8 Å². The van der Waals surface area contributed by atoms with Crippen molar-refractivity contribution in [1.29, 1.82) is 0 Å². The first kappa shape index (κ1) is 17.2. The molecule has 0 radical (unpaired) electrons. The van der Waals surface area contributed by atoms with Crippen molar-refractivity contribution >= 4 is 10.2 Å². The lowest BCUT2D eigenvalue weighted by Gasteiger charge is -2.35. The van der Waals surface area contributed by atoms with Gasteiger partial charge in [-0.15, -0.1) is 0 Å². The minimum Gasteiger partial charge on any atom is -0.389 e. The Morgan fingerprint density at radius 3 is 2.14 bits per heavy atom. The fourth-order valence-corrected chi connectivity index (χ4v) is 5.22. The van der Waals surface area contributed by atoms with Gasteiger partial charge in [-0.1, -0.05) is 39.5 Å². The quantitative estimate of drug-likeness (QED) is 0.778. The Morgan fingerprint density at radius 2 is 1.62 bits per heavy atom. The molecule has 0 aromatic rings. The number of aliphatic hydroxyl groups is 1. The Labute approximate surface area is 129 Å². The van der Waals surface area contributed by atoms with Crippen molar-refractivity contribution < 1.29 is 13.5 Å². The monoisotopic (exact) mass is 318 g/mol. The molecule has 1 saturated heterocycles. The second-order valence-corrected chi connectivity index (χ2v) is 8.98. The van der Waals surface area contributed by atoms with Crippen LogP contribution in [-0.4, -0.2) is 43.1 Å². The highest BCUT2D eigenvalue weighted by Gasteiger charge is 2.34. The third kappa shape index (κ3) is 4.91. The molecule has 2 aliphatic rings. The highest BCUT2D eigenvalue weighted by Crippen LogP contribution is 2.27. The van der Waals surface area contributed by atoms with Crippen LogP contribution in [-0.2, 0) is 10.2 Å². The van der Waals surface area contributed by atoms with Crippen molar-refractivity contribution in [3.63, 3.8) is 0 Å². The Bertz CT molecular complexity index is 420. The molecule has 2 atom stereocenters. The van der Waals surface area contributed by atoms with Crippen molar-refractivity contribution in [1.82, 2.24) is 9.03 Å². The predicted molar refractivity (Wildman–Crippen MR) is 84.1 cm³/mol. The van der Waals surface area contributed by atoms with E-state index in [2.05, 4.69) is 18.6 Å². The molecule has 1 aliphatic heterocycles. The number of hydrogen-bond donors (Lipinski definition) is 2. The van der Waals surface area contributed by atoms with Crippen molar-refractivity contribution in [3.8, 4) is 0 Å². The molecule has 1 saturated carbocycles. The van der Waals surface area contributed by atoms with Crippen LogP contribution in [0.4, 0.5) is 0 Å². The molecule has 124 valence electrons. The van der Waals surface area contributed by atoms with E-state index in [4.69, 9.17) is 0 Å². The zero-order chi connectivity index (χ0) is 15.5. The molecule has 0 spiro atoms. The zero-order valence-electron chi connectivity index (χ0n) is 13.3. The Balaban J connectivity index is 1.94. The van der Waals surface area contributed by atoms with Gasteiger partial charge in [-0.05, 0) is 31.1 Å². The van der Waals surface area contributed by atoms with E-state index in [-0.39, 0.29) is 6.54 Å². The minimum atomic E-state index is -3.48. The second-order valence-electron chi connectivity index (χ2n) is 7.23. The van der Waals surface area contributed by atoms with Crippen LogP contribution in [0.15, 0.2) is 0 Å². The summed E-state index contributed by atoms with van der Waals surface area (Å²) in [7, 11) is -3.48. The van der Waals surface area contributed by atoms with Crippen molar-refractivity contribution in [2.24, 2.45) is 11.8 Å². The lowest BCUT2D eigenvalue weighted by Crippen LogP contribution is -2.51. The largest absolute Gasteiger partial charge is 0.389 e. The van der Waals surface area contributed by atoms with Gasteiger partial charge in [0.1, 0.15) is 0 Å². The van der Waals surface area contributed by atoms with Crippen molar-refractivity contribution in [3.05, 3.63) is 0 Å². The van der Waals surface area contributed by atoms with E-state index < -0.39 is 15.8 Å². The fraction of sp³-hybridized carbons (Fsp3) is 1.00. The number of nitrogens with zero attached hydrogens (tertiary/aromatic N) is 1. The van der Waals surface area contributed by atoms with Crippen LogP contribution in [0.3, 0.4) is 0 Å². The smallest absolute Gasteiger partial charge is 0.279 e. The van der Waals surface area contributed by atoms with E-state index in [0.29, 0.717) is 37.8 Å². The first-order valence-corrected chi connectivity index (χ1v) is 9.72. The first-order chi connectivity index (χ1) is 9.81. The average molecular weight is 318 g/mol. The van der Waals surface area contributed by atoms with Gasteiger partial charge >= 0.3 is 0 Å². The van der Waals surface area contributed by atoms with Crippen LogP contribution in [0.25, 0.3) is 0 Å². The van der Waals surface area contributed by atoms with E-state index in [0.717, 1.165) is 32.1 Å². The normalized spacial score (nSPS) is 31.8. The Kier molecular flexibility index (Phi) is 5.68. The molecular weight excluding hydrogens is 288 g/mol. The Hall–Kier alpha value is -0.170. The molecule has 1 aliphatic carbocycles. The van der Waals surface area contributed by atoms with Crippen LogP contribution in [0.5, 0.6) is 0 Å². The van der Waals surface area contributed by atoms with Gasteiger partial charge in [0.25, 0.3) is 10.2 Å². The molecule has 2 fully saturated rings. The molecule has 0 aromatic heterocycles. The summed E-state index contributed by atoms with van der Waals surface area (Å²) in [4.78, 5) is 0. The van der Waals surface area contributed by atoms with Crippen LogP contribution < -0.4 is 4.72 Å². The molecule has 2 N–H and O–H groups in total. The summed E-state index contributed by atoms with van der Waals surface area (Å²) in [5.41, 5.74) is -0.864. The zero-order valence-corrected chi connectivity index (χ0v) is 14.2. The molecule has 0 bridgehead atoms. The van der Waals surface area contributed by atoms with Gasteiger partial charge in [0.2, 0.25) is 0 Å². The van der Waals surface area contributed by atoms with E-state index in [9.17, 15) is 13.5 Å². The molecule has 2 unspecified atom stereocenters. The van der Waals surface area contributed by atoms with Crippen LogP contribution in [0, 0.1) is 11.8 Å². The van der Waals surface area contributed by atoms with Gasteiger partial charge in [0.15, 0.2) is 0 Å². The molecule has 6 heteroatoms. The molecular formula is C15H30N2O3S. The second kappa shape index (κ2) is 6.94. The van der Waals surface area contributed by atoms with Crippen LogP contribution >= 0.6 is 0 Å². The van der Waals surface area contributed by atoms with E-state index in [1.54, 1.807) is 4.31 Å². The van der Waals surface area contributed by atoms with Gasteiger partial charge in [-0.3, -0.25) is 0 Å². The predicted octanol–water partition coefficient (Wildman–Crippen LogP) is 1.88. The summed E-state index contributed by atoms with van der Waals surface area (Å²) in [6.07, 6.45) is 6.71. The molecule has 21 heavy (non-hydrogen) atoms. The van der Waals surface area contributed by atoms with E-state index >= 15 is 0 Å². The fourth-order valence-electron chi connectivity index (χ4n) is 3.68. The Morgan fingerprint density at radius 1 is 1.10 bits per heavy atom. The van der Waals surface area contributed by atoms with E-state index in [1.165, 1.54) is 0 Å². The summed E-state index contributed by atoms with van der Waals surface area (Å²) in [5, 5.41) is 10.6. The third-order valence-electron chi connectivity index (χ3n) is 4.79. The lowest BCUT2D eigenvalue weighted by molar-refractivity contribution is 0.0297. The van der Waals surface area contributed by atoms with E-state index in [1.807, 2.05) is 0 Å². The standard InChI is InChI=1S/C15H30N2O3S/c1-13-9-14(2)11-17(10-13)21(19,20)16-12-15(18)7-5-3-4-6-8-15/h13-14,16,18H,3-12H2,1-2H3. The number of hydrogen-bond acceptors (Lipinski definition) is 3. The highest BCUT2D eigenvalue weighted by atomic mass is 32.2. The highest BCUT2D eigenvalue weighted by molar-refractivity contribution is 7.87. The van der Waals surface area contributed by atoms with Gasteiger partial charge in [0.05, 0.1) is 5.60 Å². The van der Waals surface area contributed by atoms with Gasteiger partial charge < -0.3 is 5.11 Å². The van der Waals surface area contributed by atoms with Gasteiger partial charge in [-0.25, -0.2) is 0 Å². The molecule has 2 rings (SSSR count). The average Bonchev–Trinajstić information content (AvgIpc) is 2.61. The number of nitrogens with one attached hydrogen (secondary N) is 1. The minimum absolute atomic E-state index is 0.147. The molecule has 0 amide bonds. The summed E-state index contributed by atoms with van der Waals surface area (Å²) >= 11 is 0. The molecule has 5 nitrogen and oxygen atoms in total. The SMILES string of the molecule is CC1CC(C)CN(S(=O)(=O)NCC2(O)CCCCCC2)C1. The number of rotatable bonds is 4. The maximum atomic E-state index is 12.5. The first-order valence-electron chi connectivity index (χ1n) is 8.28. The third-order valence-corrected chi connectivity index (χ3v) is 6.28. The summed E-state index contributed by atoms with van der Waals surface area (Å²) < 4.78 is 29.1. The molecule has 0 aromatic carbocycles. The maximum absolute atomic E-state index is 12.5. The van der Waals surface area contributed by atoms with Gasteiger partial charge in [-0.2, -0.15) is 17.4 Å².